The summed E-state index contributed by atoms with van der Waals surface area (Å²) in [6.45, 7) is 3.85. The van der Waals surface area contributed by atoms with Crippen molar-refractivity contribution in [1.82, 2.24) is 0 Å². The molecule has 62 valence electrons. The van der Waals surface area contributed by atoms with Crippen molar-refractivity contribution in [2.45, 2.75) is 26.7 Å². The molecule has 1 N–H and O–H groups in total. The second-order valence-corrected chi connectivity index (χ2v) is 2.92. The maximum Gasteiger partial charge on any atom is 0.180 e. The van der Waals surface area contributed by atoms with Gasteiger partial charge >= 0.3 is 0 Å². The average Bonchev–Trinajstić information content (AvgIpc) is 1.85. The van der Waals surface area contributed by atoms with E-state index in [9.17, 15) is 9.59 Å². The summed E-state index contributed by atoms with van der Waals surface area (Å²) in [5.41, 5.74) is 0. The second-order valence-electron chi connectivity index (χ2n) is 2.92. The minimum absolute atomic E-state index is 0.0755. The molecule has 11 heavy (non-hydrogen) atoms. The number of hydrogen-bond donors (Lipinski definition) is 1. The Labute approximate surface area is 66.3 Å². The molecule has 0 fully saturated rings. The summed E-state index contributed by atoms with van der Waals surface area (Å²) in [5, 5.41) is 6.56. The third-order valence-electron chi connectivity index (χ3n) is 1.17. The van der Waals surface area contributed by atoms with Crippen LogP contribution in [0.4, 0.5) is 0 Å². The fraction of sp³-hybridized carbons (Fsp3) is 0.625. The summed E-state index contributed by atoms with van der Waals surface area (Å²) < 4.78 is 0. The van der Waals surface area contributed by atoms with E-state index in [1.165, 1.54) is 0 Å². The van der Waals surface area contributed by atoms with Gasteiger partial charge in [0.2, 0.25) is 0 Å². The summed E-state index contributed by atoms with van der Waals surface area (Å²) in [6.07, 6.45) is 1.01. The van der Waals surface area contributed by atoms with Crippen molar-refractivity contribution in [3.05, 3.63) is 0 Å². The zero-order chi connectivity index (χ0) is 8.85. The van der Waals surface area contributed by atoms with Crippen molar-refractivity contribution in [1.29, 1.82) is 5.41 Å². The van der Waals surface area contributed by atoms with Crippen molar-refractivity contribution < 1.29 is 9.59 Å². The van der Waals surface area contributed by atoms with Gasteiger partial charge in [0.15, 0.2) is 5.78 Å². The molecule has 0 rings (SSSR count). The Morgan fingerprint density at radius 1 is 1.45 bits per heavy atom. The SMILES string of the molecule is CC(C)CC(=O)CC(=O)C=N. The molecule has 0 aromatic heterocycles. The van der Waals surface area contributed by atoms with Crippen LogP contribution >= 0.6 is 0 Å². The van der Waals surface area contributed by atoms with Crippen molar-refractivity contribution >= 4 is 17.8 Å². The number of carbonyl (C=O) groups excluding carboxylic acids is 2. The molecule has 0 atom stereocenters. The fourth-order valence-electron chi connectivity index (χ4n) is 0.773. The van der Waals surface area contributed by atoms with Crippen LogP contribution in [-0.2, 0) is 9.59 Å². The first-order valence-electron chi connectivity index (χ1n) is 3.61. The lowest BCUT2D eigenvalue weighted by Gasteiger charge is -2.00. The zero-order valence-electron chi connectivity index (χ0n) is 6.89. The van der Waals surface area contributed by atoms with Crippen LogP contribution in [0.5, 0.6) is 0 Å². The lowest BCUT2D eigenvalue weighted by atomic mass is 10.0. The Morgan fingerprint density at radius 2 is 2.00 bits per heavy atom. The van der Waals surface area contributed by atoms with Gasteiger partial charge in [-0.05, 0) is 5.92 Å². The van der Waals surface area contributed by atoms with Crippen molar-refractivity contribution in [3.63, 3.8) is 0 Å². The van der Waals surface area contributed by atoms with E-state index in [0.29, 0.717) is 18.6 Å². The molecule has 0 aromatic rings. The predicted octanol–water partition coefficient (Wildman–Crippen LogP) is 1.21. The second kappa shape index (κ2) is 4.77. The molecule has 0 aliphatic heterocycles. The third kappa shape index (κ3) is 5.45. The van der Waals surface area contributed by atoms with Crippen LogP contribution in [0.15, 0.2) is 0 Å². The highest BCUT2D eigenvalue weighted by Crippen LogP contribution is 2.02. The van der Waals surface area contributed by atoms with E-state index >= 15 is 0 Å². The number of rotatable bonds is 5. The normalized spacial score (nSPS) is 9.73. The van der Waals surface area contributed by atoms with Crippen molar-refractivity contribution in [2.75, 3.05) is 0 Å². The quantitative estimate of drug-likeness (QED) is 0.479. The molecule has 0 spiro atoms. The smallest absolute Gasteiger partial charge is 0.180 e. The molecule has 3 nitrogen and oxygen atoms in total. The summed E-state index contributed by atoms with van der Waals surface area (Å²) in [4.78, 5) is 21.4. The predicted molar refractivity (Wildman–Crippen MR) is 42.9 cm³/mol. The van der Waals surface area contributed by atoms with Gasteiger partial charge in [-0.15, -0.1) is 0 Å². The Balaban J connectivity index is 3.69. The Kier molecular flexibility index (Phi) is 4.34. The van der Waals surface area contributed by atoms with Crippen LogP contribution in [0, 0.1) is 11.3 Å². The lowest BCUT2D eigenvalue weighted by Crippen LogP contribution is -2.10. The Morgan fingerprint density at radius 3 is 2.36 bits per heavy atom. The molecule has 0 aliphatic rings. The van der Waals surface area contributed by atoms with Crippen LogP contribution in [0.1, 0.15) is 26.7 Å². The Hall–Kier alpha value is -0.990. The fourth-order valence-corrected chi connectivity index (χ4v) is 0.773. The molecule has 3 heteroatoms. The van der Waals surface area contributed by atoms with Gasteiger partial charge in [-0.2, -0.15) is 0 Å². The standard InChI is InChI=1S/C8H13NO2/c1-6(2)3-7(10)4-8(11)5-9/h5-6,9H,3-4H2,1-2H3. The molecule has 0 amide bonds. The lowest BCUT2D eigenvalue weighted by molar-refractivity contribution is -0.124. The van der Waals surface area contributed by atoms with Gasteiger partial charge in [0, 0.05) is 6.42 Å². The monoisotopic (exact) mass is 155 g/mol. The summed E-state index contributed by atoms with van der Waals surface area (Å²) >= 11 is 0. The van der Waals surface area contributed by atoms with Crippen LogP contribution in [0.2, 0.25) is 0 Å². The molecule has 0 aromatic carbocycles. The van der Waals surface area contributed by atoms with E-state index in [-0.39, 0.29) is 12.2 Å². The van der Waals surface area contributed by atoms with Gasteiger partial charge in [0.25, 0.3) is 0 Å². The number of hydrogen-bond acceptors (Lipinski definition) is 3. The molecule has 0 heterocycles. The first-order valence-corrected chi connectivity index (χ1v) is 3.61. The molecule has 0 radical (unpaired) electrons. The maximum atomic E-state index is 10.9. The van der Waals surface area contributed by atoms with Gasteiger partial charge in [-0.3, -0.25) is 9.59 Å². The van der Waals surface area contributed by atoms with Crippen LogP contribution in [0.3, 0.4) is 0 Å². The van der Waals surface area contributed by atoms with Gasteiger partial charge in [-0.1, -0.05) is 13.8 Å². The average molecular weight is 155 g/mol. The van der Waals surface area contributed by atoms with Crippen molar-refractivity contribution in [2.24, 2.45) is 5.92 Å². The van der Waals surface area contributed by atoms with Crippen molar-refractivity contribution in [3.8, 4) is 0 Å². The minimum Gasteiger partial charge on any atom is -0.305 e. The van der Waals surface area contributed by atoms with E-state index in [0.717, 1.165) is 0 Å². The highest BCUT2D eigenvalue weighted by molar-refractivity contribution is 6.30. The number of ketones is 2. The first-order chi connectivity index (χ1) is 5.06. The molecule has 0 bridgehead atoms. The van der Waals surface area contributed by atoms with E-state index < -0.39 is 5.78 Å². The van der Waals surface area contributed by atoms with E-state index in [1.807, 2.05) is 13.8 Å². The molecule has 0 aliphatic carbocycles. The maximum absolute atomic E-state index is 10.9. The van der Waals surface area contributed by atoms with Crippen LogP contribution in [0.25, 0.3) is 0 Å². The minimum atomic E-state index is -0.407. The van der Waals surface area contributed by atoms with Gasteiger partial charge in [0.1, 0.15) is 5.78 Å². The largest absolute Gasteiger partial charge is 0.305 e. The first kappa shape index (κ1) is 10.0. The Bertz CT molecular complexity index is 173. The topological polar surface area (TPSA) is 58.0 Å². The molecular weight excluding hydrogens is 142 g/mol. The highest BCUT2D eigenvalue weighted by Gasteiger charge is 2.08. The van der Waals surface area contributed by atoms with Crippen LogP contribution < -0.4 is 0 Å². The van der Waals surface area contributed by atoms with E-state index in [2.05, 4.69) is 0 Å². The van der Waals surface area contributed by atoms with Gasteiger partial charge in [-0.25, -0.2) is 0 Å². The number of Topliss-reactive ketones (excluding diaryl/α,β-unsaturated/α-hetero) is 2. The summed E-state index contributed by atoms with van der Waals surface area (Å²) in [6, 6.07) is 0. The number of carbonyl (C=O) groups is 2. The third-order valence-corrected chi connectivity index (χ3v) is 1.17. The molecule has 0 unspecified atom stereocenters. The molecule has 0 saturated heterocycles. The van der Waals surface area contributed by atoms with Crippen LogP contribution in [-0.4, -0.2) is 17.8 Å². The summed E-state index contributed by atoms with van der Waals surface area (Å²) in [7, 11) is 0. The van der Waals surface area contributed by atoms with Gasteiger partial charge < -0.3 is 5.41 Å². The molecular formula is C8H13NO2. The summed E-state index contributed by atoms with van der Waals surface area (Å²) in [5.74, 6) is -0.190. The zero-order valence-corrected chi connectivity index (χ0v) is 6.89. The highest BCUT2D eigenvalue weighted by atomic mass is 16.1. The number of nitrogens with one attached hydrogen (secondary N) is 1. The van der Waals surface area contributed by atoms with Gasteiger partial charge in [0.05, 0.1) is 12.6 Å². The van der Waals surface area contributed by atoms with E-state index in [4.69, 9.17) is 5.41 Å². The van der Waals surface area contributed by atoms with E-state index in [1.54, 1.807) is 0 Å². The molecule has 0 saturated carbocycles.